The van der Waals surface area contributed by atoms with Gasteiger partial charge in [0, 0.05) is 31.9 Å². The minimum atomic E-state index is -0.173. The van der Waals surface area contributed by atoms with Crippen molar-refractivity contribution in [2.24, 2.45) is 0 Å². The molecule has 1 aromatic heterocycles. The van der Waals surface area contributed by atoms with Crippen LogP contribution in [0.15, 0.2) is 36.5 Å². The minimum Gasteiger partial charge on any atom is -0.354 e. The summed E-state index contributed by atoms with van der Waals surface area (Å²) in [7, 11) is 0. The molecular weight excluding hydrogens is 279 g/mol. The van der Waals surface area contributed by atoms with Crippen molar-refractivity contribution < 1.29 is 4.39 Å². The van der Waals surface area contributed by atoms with Crippen LogP contribution in [0.4, 0.5) is 10.2 Å². The largest absolute Gasteiger partial charge is 0.354 e. The molecule has 0 saturated carbocycles. The topological polar surface area (TPSA) is 41.0 Å². The molecule has 5 heteroatoms. The van der Waals surface area contributed by atoms with Crippen LogP contribution in [0.2, 0.25) is 0 Å². The van der Waals surface area contributed by atoms with Gasteiger partial charge in [0.1, 0.15) is 5.82 Å². The van der Waals surface area contributed by atoms with Gasteiger partial charge in [0.15, 0.2) is 5.82 Å². The van der Waals surface area contributed by atoms with Gasteiger partial charge in [-0.1, -0.05) is 6.07 Å². The molecule has 0 unspecified atom stereocenters. The molecule has 2 aromatic rings. The molecule has 2 heterocycles. The Hall–Kier alpha value is -2.01. The summed E-state index contributed by atoms with van der Waals surface area (Å²) in [5, 5.41) is 11.7. The number of halogens is 1. The monoisotopic (exact) mass is 300 g/mol. The summed E-state index contributed by atoms with van der Waals surface area (Å²) in [5.41, 5.74) is 2.15. The summed E-state index contributed by atoms with van der Waals surface area (Å²) < 4.78 is 13.1. The number of aryl methyl sites for hydroxylation is 1. The van der Waals surface area contributed by atoms with Gasteiger partial charge in [-0.25, -0.2) is 4.39 Å². The minimum absolute atomic E-state index is 0.173. The molecule has 1 fully saturated rings. The molecule has 0 bridgehead atoms. The van der Waals surface area contributed by atoms with Crippen LogP contribution < -0.4 is 10.2 Å². The Morgan fingerprint density at radius 1 is 1.36 bits per heavy atom. The van der Waals surface area contributed by atoms with E-state index in [2.05, 4.69) is 20.4 Å². The van der Waals surface area contributed by atoms with Crippen LogP contribution in [0.5, 0.6) is 0 Å². The molecule has 0 radical (unpaired) electrons. The van der Waals surface area contributed by atoms with Gasteiger partial charge in [0.05, 0.1) is 0 Å². The maximum absolute atomic E-state index is 13.1. The molecule has 1 aromatic carbocycles. The second-order valence-corrected chi connectivity index (χ2v) is 5.82. The van der Waals surface area contributed by atoms with Crippen molar-refractivity contribution in [2.75, 3.05) is 18.0 Å². The Morgan fingerprint density at radius 2 is 2.27 bits per heavy atom. The first-order valence-electron chi connectivity index (χ1n) is 7.73. The number of piperidine rings is 1. The summed E-state index contributed by atoms with van der Waals surface area (Å²) >= 11 is 0. The predicted octanol–water partition coefficient (Wildman–Crippen LogP) is 2.68. The average molecular weight is 300 g/mol. The number of hydrogen-bond acceptors (Lipinski definition) is 4. The van der Waals surface area contributed by atoms with Crippen molar-refractivity contribution in [1.82, 2.24) is 15.5 Å². The van der Waals surface area contributed by atoms with Gasteiger partial charge >= 0.3 is 0 Å². The fourth-order valence-corrected chi connectivity index (χ4v) is 2.93. The molecule has 1 atom stereocenters. The Kier molecular flexibility index (Phi) is 4.63. The van der Waals surface area contributed by atoms with Gasteiger partial charge < -0.3 is 10.2 Å². The molecule has 3 rings (SSSR count). The van der Waals surface area contributed by atoms with E-state index in [0.29, 0.717) is 6.04 Å². The highest BCUT2D eigenvalue weighted by molar-refractivity contribution is 5.37. The van der Waals surface area contributed by atoms with Crippen LogP contribution in [0.1, 0.15) is 24.0 Å². The Bertz CT molecular complexity index is 617. The number of hydrogen-bond donors (Lipinski definition) is 1. The third kappa shape index (κ3) is 3.60. The highest BCUT2D eigenvalue weighted by Gasteiger charge is 2.20. The third-order valence-corrected chi connectivity index (χ3v) is 4.19. The van der Waals surface area contributed by atoms with Gasteiger partial charge in [-0.3, -0.25) is 0 Å². The third-order valence-electron chi connectivity index (χ3n) is 4.19. The molecule has 0 aliphatic carbocycles. The summed E-state index contributed by atoms with van der Waals surface area (Å²) in [4.78, 5) is 2.27. The number of rotatable bonds is 4. The maximum atomic E-state index is 13.1. The van der Waals surface area contributed by atoms with Crippen LogP contribution >= 0.6 is 0 Å². The molecule has 1 N–H and O–H groups in total. The molecule has 0 spiro atoms. The number of aromatic nitrogens is 2. The van der Waals surface area contributed by atoms with E-state index in [1.165, 1.54) is 6.07 Å². The lowest BCUT2D eigenvalue weighted by atomic mass is 10.0. The second kappa shape index (κ2) is 6.83. The maximum Gasteiger partial charge on any atom is 0.151 e. The second-order valence-electron chi connectivity index (χ2n) is 5.82. The number of nitrogens with zero attached hydrogens (tertiary/aromatic N) is 3. The van der Waals surface area contributed by atoms with Crippen molar-refractivity contribution in [2.45, 2.75) is 32.4 Å². The van der Waals surface area contributed by atoms with E-state index in [-0.39, 0.29) is 5.82 Å². The number of anilines is 1. The van der Waals surface area contributed by atoms with E-state index >= 15 is 0 Å². The highest BCUT2D eigenvalue weighted by atomic mass is 19.1. The van der Waals surface area contributed by atoms with Crippen LogP contribution in [0.25, 0.3) is 0 Å². The van der Waals surface area contributed by atoms with Crippen molar-refractivity contribution in [3.63, 3.8) is 0 Å². The fourth-order valence-electron chi connectivity index (χ4n) is 2.93. The van der Waals surface area contributed by atoms with E-state index in [0.717, 1.165) is 49.4 Å². The Balaban J connectivity index is 1.59. The zero-order valence-corrected chi connectivity index (χ0v) is 12.8. The molecule has 1 aliphatic rings. The lowest BCUT2D eigenvalue weighted by Gasteiger charge is -2.33. The molecule has 1 aliphatic heterocycles. The summed E-state index contributed by atoms with van der Waals surface area (Å²) in [6.07, 6.45) is 3.98. The fraction of sp³-hybridized carbons (Fsp3) is 0.412. The van der Waals surface area contributed by atoms with Gasteiger partial charge in [-0.2, -0.15) is 5.10 Å². The van der Waals surface area contributed by atoms with Crippen LogP contribution in [0.3, 0.4) is 0 Å². The van der Waals surface area contributed by atoms with Crippen LogP contribution in [0, 0.1) is 12.7 Å². The predicted molar refractivity (Wildman–Crippen MR) is 85.2 cm³/mol. The first kappa shape index (κ1) is 14.9. The highest BCUT2D eigenvalue weighted by Crippen LogP contribution is 2.17. The van der Waals surface area contributed by atoms with Crippen molar-refractivity contribution in [1.29, 1.82) is 0 Å². The quantitative estimate of drug-likeness (QED) is 0.942. The van der Waals surface area contributed by atoms with E-state index in [1.54, 1.807) is 12.3 Å². The molecular formula is C17H21FN4. The Labute approximate surface area is 130 Å². The van der Waals surface area contributed by atoms with Crippen LogP contribution in [-0.4, -0.2) is 29.3 Å². The van der Waals surface area contributed by atoms with Crippen molar-refractivity contribution in [3.05, 3.63) is 53.5 Å². The number of benzene rings is 1. The first-order valence-corrected chi connectivity index (χ1v) is 7.73. The Morgan fingerprint density at radius 3 is 3.05 bits per heavy atom. The number of nitrogens with one attached hydrogen (secondary N) is 1. The molecule has 0 amide bonds. The summed E-state index contributed by atoms with van der Waals surface area (Å²) in [6.45, 7) is 4.67. The van der Waals surface area contributed by atoms with E-state index < -0.39 is 0 Å². The van der Waals surface area contributed by atoms with E-state index in [1.807, 2.05) is 25.1 Å². The van der Waals surface area contributed by atoms with Gasteiger partial charge in [0.25, 0.3) is 0 Å². The summed E-state index contributed by atoms with van der Waals surface area (Å²) in [6, 6.07) is 9.31. The summed E-state index contributed by atoms with van der Waals surface area (Å²) in [5.74, 6) is 0.764. The molecule has 116 valence electrons. The van der Waals surface area contributed by atoms with Crippen molar-refractivity contribution >= 4 is 5.82 Å². The zero-order chi connectivity index (χ0) is 15.4. The van der Waals surface area contributed by atoms with Gasteiger partial charge in [-0.15, -0.1) is 5.10 Å². The van der Waals surface area contributed by atoms with E-state index in [4.69, 9.17) is 0 Å². The lowest BCUT2D eigenvalue weighted by Crippen LogP contribution is -2.45. The zero-order valence-electron chi connectivity index (χ0n) is 12.8. The SMILES string of the molecule is Cc1cc(F)ccc1CN[C@H]1CCCN(c2cccnn2)C1. The van der Waals surface area contributed by atoms with Crippen LogP contribution in [-0.2, 0) is 6.54 Å². The first-order chi connectivity index (χ1) is 10.7. The average Bonchev–Trinajstić information content (AvgIpc) is 2.55. The van der Waals surface area contributed by atoms with Crippen molar-refractivity contribution in [3.8, 4) is 0 Å². The standard InChI is InChI=1S/C17H21FN4/c1-13-10-15(18)7-6-14(13)11-19-16-4-3-9-22(12-16)17-5-2-8-20-21-17/h2,5-8,10,16,19H,3-4,9,11-12H2,1H3/t16-/m0/s1. The smallest absolute Gasteiger partial charge is 0.151 e. The lowest BCUT2D eigenvalue weighted by molar-refractivity contribution is 0.419. The molecule has 4 nitrogen and oxygen atoms in total. The van der Waals surface area contributed by atoms with Gasteiger partial charge in [0.2, 0.25) is 0 Å². The van der Waals surface area contributed by atoms with Gasteiger partial charge in [-0.05, 0) is 55.2 Å². The van der Waals surface area contributed by atoms with E-state index in [9.17, 15) is 4.39 Å². The normalized spacial score (nSPS) is 18.5. The molecule has 22 heavy (non-hydrogen) atoms. The molecule has 1 saturated heterocycles.